The van der Waals surface area contributed by atoms with Gasteiger partial charge in [0.15, 0.2) is 11.6 Å². The Balaban J connectivity index is 1.42. The van der Waals surface area contributed by atoms with Crippen LogP contribution in [0.15, 0.2) is 12.1 Å². The molecule has 1 aromatic carbocycles. The Kier molecular flexibility index (Phi) is 4.68. The standard InChI is InChI=1S/C21H26F2N2O2/c1-14-2-5-16(19(23)18(14)22)20(27)24-10-8-21(9-11-24)7-6-17(26)25(13-21)12-15-3-4-15/h2,5,15H,3-4,6-13H2,1H3. The lowest BCUT2D eigenvalue weighted by atomic mass is 9.72. The molecule has 0 N–H and O–H groups in total. The van der Waals surface area contributed by atoms with Gasteiger partial charge in [0.2, 0.25) is 5.91 Å². The van der Waals surface area contributed by atoms with Gasteiger partial charge in [-0.15, -0.1) is 0 Å². The van der Waals surface area contributed by atoms with Crippen molar-refractivity contribution in [2.24, 2.45) is 11.3 Å². The summed E-state index contributed by atoms with van der Waals surface area (Å²) in [5.41, 5.74) is 0.0731. The molecule has 4 rings (SSSR count). The molecule has 146 valence electrons. The zero-order valence-corrected chi connectivity index (χ0v) is 15.8. The normalized spacial score (nSPS) is 22.4. The predicted octanol–water partition coefficient (Wildman–Crippen LogP) is 3.53. The lowest BCUT2D eigenvalue weighted by Crippen LogP contribution is -2.52. The van der Waals surface area contributed by atoms with Gasteiger partial charge in [0.1, 0.15) is 0 Å². The number of nitrogens with zero attached hydrogens (tertiary/aromatic N) is 2. The number of likely N-dealkylation sites (tertiary alicyclic amines) is 2. The third kappa shape index (κ3) is 3.58. The second kappa shape index (κ2) is 6.88. The molecule has 0 aromatic heterocycles. The first-order valence-corrected chi connectivity index (χ1v) is 9.90. The highest BCUT2D eigenvalue weighted by Gasteiger charge is 2.43. The van der Waals surface area contributed by atoms with E-state index < -0.39 is 17.5 Å². The molecule has 4 nitrogen and oxygen atoms in total. The van der Waals surface area contributed by atoms with Crippen LogP contribution in [0, 0.1) is 29.9 Å². The van der Waals surface area contributed by atoms with Crippen LogP contribution in [-0.2, 0) is 4.79 Å². The topological polar surface area (TPSA) is 40.6 Å². The molecular weight excluding hydrogens is 350 g/mol. The Morgan fingerprint density at radius 1 is 1.15 bits per heavy atom. The van der Waals surface area contributed by atoms with Crippen LogP contribution in [0.4, 0.5) is 8.78 Å². The van der Waals surface area contributed by atoms with Crippen molar-refractivity contribution in [3.8, 4) is 0 Å². The fraction of sp³-hybridized carbons (Fsp3) is 0.619. The molecule has 6 heteroatoms. The summed E-state index contributed by atoms with van der Waals surface area (Å²) in [6, 6.07) is 2.82. The van der Waals surface area contributed by atoms with E-state index in [2.05, 4.69) is 0 Å². The molecule has 1 spiro atoms. The van der Waals surface area contributed by atoms with Crippen molar-refractivity contribution in [3.05, 3.63) is 34.9 Å². The van der Waals surface area contributed by atoms with Gasteiger partial charge in [0.25, 0.3) is 5.91 Å². The van der Waals surface area contributed by atoms with Crippen LogP contribution in [-0.4, -0.2) is 47.8 Å². The lowest BCUT2D eigenvalue weighted by Gasteiger charge is -2.47. The first kappa shape index (κ1) is 18.4. The molecule has 2 saturated heterocycles. The van der Waals surface area contributed by atoms with Crippen molar-refractivity contribution >= 4 is 11.8 Å². The van der Waals surface area contributed by atoms with E-state index in [4.69, 9.17) is 0 Å². The van der Waals surface area contributed by atoms with E-state index in [0.717, 1.165) is 32.4 Å². The van der Waals surface area contributed by atoms with E-state index in [-0.39, 0.29) is 22.4 Å². The summed E-state index contributed by atoms with van der Waals surface area (Å²) in [7, 11) is 0. The van der Waals surface area contributed by atoms with Crippen LogP contribution >= 0.6 is 0 Å². The number of halogens is 2. The van der Waals surface area contributed by atoms with Gasteiger partial charge in [-0.3, -0.25) is 9.59 Å². The second-order valence-corrected chi connectivity index (χ2v) is 8.57. The van der Waals surface area contributed by atoms with Crippen LogP contribution in [0.1, 0.15) is 54.4 Å². The average molecular weight is 376 g/mol. The van der Waals surface area contributed by atoms with E-state index in [0.29, 0.717) is 25.4 Å². The first-order valence-electron chi connectivity index (χ1n) is 9.90. The molecule has 1 saturated carbocycles. The van der Waals surface area contributed by atoms with Gasteiger partial charge in [-0.2, -0.15) is 0 Å². The molecule has 1 aliphatic carbocycles. The Bertz CT molecular complexity index is 768. The predicted molar refractivity (Wildman–Crippen MR) is 97.2 cm³/mol. The van der Waals surface area contributed by atoms with Crippen molar-refractivity contribution in [3.63, 3.8) is 0 Å². The summed E-state index contributed by atoms with van der Waals surface area (Å²) < 4.78 is 28.0. The molecule has 0 atom stereocenters. The van der Waals surface area contributed by atoms with E-state index in [9.17, 15) is 18.4 Å². The number of benzene rings is 1. The summed E-state index contributed by atoms with van der Waals surface area (Å²) in [4.78, 5) is 28.5. The third-order valence-electron chi connectivity index (χ3n) is 6.54. The second-order valence-electron chi connectivity index (χ2n) is 8.57. The average Bonchev–Trinajstić information content (AvgIpc) is 3.47. The molecular formula is C21H26F2N2O2. The number of rotatable bonds is 3. The molecule has 0 unspecified atom stereocenters. The minimum absolute atomic E-state index is 0.0661. The number of hydrogen-bond donors (Lipinski definition) is 0. The van der Waals surface area contributed by atoms with Crippen LogP contribution < -0.4 is 0 Å². The maximum Gasteiger partial charge on any atom is 0.256 e. The smallest absolute Gasteiger partial charge is 0.256 e. The van der Waals surface area contributed by atoms with Crippen LogP contribution in [0.5, 0.6) is 0 Å². The quantitative estimate of drug-likeness (QED) is 0.810. The van der Waals surface area contributed by atoms with Crippen molar-refractivity contribution < 1.29 is 18.4 Å². The van der Waals surface area contributed by atoms with Gasteiger partial charge in [-0.1, -0.05) is 6.07 Å². The molecule has 2 heterocycles. The highest BCUT2D eigenvalue weighted by molar-refractivity contribution is 5.94. The summed E-state index contributed by atoms with van der Waals surface area (Å²) >= 11 is 0. The van der Waals surface area contributed by atoms with Crippen LogP contribution in [0.25, 0.3) is 0 Å². The molecule has 1 aromatic rings. The largest absolute Gasteiger partial charge is 0.342 e. The zero-order valence-electron chi connectivity index (χ0n) is 15.8. The number of carbonyl (C=O) groups excluding carboxylic acids is 2. The van der Waals surface area contributed by atoms with Crippen molar-refractivity contribution in [2.75, 3.05) is 26.2 Å². The lowest BCUT2D eigenvalue weighted by molar-refractivity contribution is -0.139. The van der Waals surface area contributed by atoms with Crippen molar-refractivity contribution in [1.82, 2.24) is 9.80 Å². The van der Waals surface area contributed by atoms with E-state index >= 15 is 0 Å². The van der Waals surface area contributed by atoms with Gasteiger partial charge in [-0.25, -0.2) is 8.78 Å². The van der Waals surface area contributed by atoms with Crippen molar-refractivity contribution in [1.29, 1.82) is 0 Å². The Morgan fingerprint density at radius 3 is 2.52 bits per heavy atom. The van der Waals surface area contributed by atoms with Gasteiger partial charge in [-0.05, 0) is 62.0 Å². The summed E-state index contributed by atoms with van der Waals surface area (Å²) in [5.74, 6) is -1.52. The molecule has 3 fully saturated rings. The minimum atomic E-state index is -1.06. The van der Waals surface area contributed by atoms with Gasteiger partial charge < -0.3 is 9.80 Å². The summed E-state index contributed by atoms with van der Waals surface area (Å²) in [5, 5.41) is 0. The summed E-state index contributed by atoms with van der Waals surface area (Å²) in [6.07, 6.45) is 5.50. The maximum absolute atomic E-state index is 14.2. The van der Waals surface area contributed by atoms with Crippen LogP contribution in [0.2, 0.25) is 0 Å². The fourth-order valence-electron chi connectivity index (χ4n) is 4.45. The minimum Gasteiger partial charge on any atom is -0.342 e. The van der Waals surface area contributed by atoms with Gasteiger partial charge in [0.05, 0.1) is 5.56 Å². The van der Waals surface area contributed by atoms with Gasteiger partial charge >= 0.3 is 0 Å². The number of amides is 2. The Morgan fingerprint density at radius 2 is 1.85 bits per heavy atom. The highest BCUT2D eigenvalue weighted by atomic mass is 19.2. The molecule has 0 bridgehead atoms. The van der Waals surface area contributed by atoms with E-state index in [1.54, 1.807) is 4.90 Å². The number of piperidine rings is 2. The fourth-order valence-corrected chi connectivity index (χ4v) is 4.45. The van der Waals surface area contributed by atoms with Crippen LogP contribution in [0.3, 0.4) is 0 Å². The third-order valence-corrected chi connectivity index (χ3v) is 6.54. The Labute approximate surface area is 158 Å². The zero-order chi connectivity index (χ0) is 19.2. The van der Waals surface area contributed by atoms with E-state index in [1.165, 1.54) is 31.9 Å². The van der Waals surface area contributed by atoms with Gasteiger partial charge in [0, 0.05) is 32.6 Å². The monoisotopic (exact) mass is 376 g/mol. The maximum atomic E-state index is 14.2. The summed E-state index contributed by atoms with van der Waals surface area (Å²) in [6.45, 7) is 4.18. The molecule has 3 aliphatic rings. The van der Waals surface area contributed by atoms with Crippen molar-refractivity contribution in [2.45, 2.75) is 45.4 Å². The van der Waals surface area contributed by atoms with E-state index in [1.807, 2.05) is 4.90 Å². The first-order chi connectivity index (χ1) is 12.9. The number of aryl methyl sites for hydroxylation is 1. The molecule has 2 aliphatic heterocycles. The SMILES string of the molecule is Cc1ccc(C(=O)N2CCC3(CCC(=O)N(CC4CC4)C3)CC2)c(F)c1F. The molecule has 27 heavy (non-hydrogen) atoms. The number of carbonyl (C=O) groups is 2. The molecule has 0 radical (unpaired) electrons. The Hall–Kier alpha value is -1.98. The number of hydrogen-bond acceptors (Lipinski definition) is 2. The molecule has 2 amide bonds. The highest BCUT2D eigenvalue weighted by Crippen LogP contribution is 2.42.